The van der Waals surface area contributed by atoms with Crippen LogP contribution in [0, 0.1) is 6.92 Å². The Bertz CT molecular complexity index is 395. The van der Waals surface area contributed by atoms with E-state index >= 15 is 0 Å². The second-order valence-electron chi connectivity index (χ2n) is 4.41. The number of aryl methyl sites for hydroxylation is 1. The standard InChI is InChI=1S/C13H18BrN3/c1-10-16-12(14)9-13(17-10)15-8-7-11-5-3-2-4-6-11/h5,9H,2-4,6-8H2,1H3,(H,15,16,17). The number of allylic oxidation sites excluding steroid dienone is 1. The molecule has 1 N–H and O–H groups in total. The maximum Gasteiger partial charge on any atom is 0.130 e. The van der Waals surface area contributed by atoms with Crippen LogP contribution in [0.1, 0.15) is 37.9 Å². The van der Waals surface area contributed by atoms with Crippen molar-refractivity contribution in [1.82, 2.24) is 9.97 Å². The van der Waals surface area contributed by atoms with Gasteiger partial charge in [-0.05, 0) is 55.0 Å². The second-order valence-corrected chi connectivity index (χ2v) is 5.22. The highest BCUT2D eigenvalue weighted by molar-refractivity contribution is 9.10. The van der Waals surface area contributed by atoms with E-state index in [2.05, 4.69) is 37.3 Å². The number of hydrogen-bond donors (Lipinski definition) is 1. The van der Waals surface area contributed by atoms with Crippen LogP contribution in [0.3, 0.4) is 0 Å². The Morgan fingerprint density at radius 1 is 1.35 bits per heavy atom. The molecular formula is C13H18BrN3. The Kier molecular flexibility index (Phi) is 4.54. The van der Waals surface area contributed by atoms with E-state index in [-0.39, 0.29) is 0 Å². The molecule has 0 amide bonds. The first-order valence-electron chi connectivity index (χ1n) is 6.17. The molecule has 0 saturated carbocycles. The van der Waals surface area contributed by atoms with Gasteiger partial charge in [0.05, 0.1) is 0 Å². The van der Waals surface area contributed by atoms with Gasteiger partial charge in [-0.25, -0.2) is 9.97 Å². The number of nitrogens with zero attached hydrogens (tertiary/aromatic N) is 2. The first-order valence-corrected chi connectivity index (χ1v) is 6.96. The molecule has 0 aliphatic heterocycles. The quantitative estimate of drug-likeness (QED) is 0.677. The fourth-order valence-corrected chi connectivity index (χ4v) is 2.58. The predicted octanol–water partition coefficient (Wildman–Crippen LogP) is 3.85. The lowest BCUT2D eigenvalue weighted by Crippen LogP contribution is -2.06. The molecule has 17 heavy (non-hydrogen) atoms. The Morgan fingerprint density at radius 3 is 2.94 bits per heavy atom. The van der Waals surface area contributed by atoms with Gasteiger partial charge < -0.3 is 5.32 Å². The maximum absolute atomic E-state index is 4.34. The Morgan fingerprint density at radius 2 is 2.24 bits per heavy atom. The molecule has 0 atom stereocenters. The lowest BCUT2D eigenvalue weighted by Gasteiger charge is -2.13. The van der Waals surface area contributed by atoms with Crippen LogP contribution in [0.5, 0.6) is 0 Å². The molecule has 0 fully saturated rings. The summed E-state index contributed by atoms with van der Waals surface area (Å²) in [7, 11) is 0. The molecule has 0 radical (unpaired) electrons. The van der Waals surface area contributed by atoms with E-state index in [0.717, 1.165) is 29.2 Å². The summed E-state index contributed by atoms with van der Waals surface area (Å²) in [4.78, 5) is 8.53. The topological polar surface area (TPSA) is 37.8 Å². The number of anilines is 1. The minimum atomic E-state index is 0.791. The highest BCUT2D eigenvalue weighted by atomic mass is 79.9. The van der Waals surface area contributed by atoms with E-state index in [0.29, 0.717) is 0 Å². The highest BCUT2D eigenvalue weighted by Crippen LogP contribution is 2.20. The van der Waals surface area contributed by atoms with Crippen molar-refractivity contribution in [3.63, 3.8) is 0 Å². The Balaban J connectivity index is 1.83. The van der Waals surface area contributed by atoms with Gasteiger partial charge in [0.15, 0.2) is 0 Å². The smallest absolute Gasteiger partial charge is 0.130 e. The van der Waals surface area contributed by atoms with Gasteiger partial charge in [0.25, 0.3) is 0 Å². The molecule has 3 nitrogen and oxygen atoms in total. The lowest BCUT2D eigenvalue weighted by atomic mass is 9.97. The van der Waals surface area contributed by atoms with Gasteiger partial charge >= 0.3 is 0 Å². The summed E-state index contributed by atoms with van der Waals surface area (Å²) in [5.41, 5.74) is 1.59. The summed E-state index contributed by atoms with van der Waals surface area (Å²) in [6, 6.07) is 1.92. The monoisotopic (exact) mass is 295 g/mol. The number of hydrogen-bond acceptors (Lipinski definition) is 3. The van der Waals surface area contributed by atoms with Crippen molar-refractivity contribution >= 4 is 21.7 Å². The summed E-state index contributed by atoms with van der Waals surface area (Å²) in [5, 5.41) is 3.35. The molecule has 0 spiro atoms. The van der Waals surface area contributed by atoms with Crippen molar-refractivity contribution < 1.29 is 0 Å². The van der Waals surface area contributed by atoms with Crippen LogP contribution in [0.2, 0.25) is 0 Å². The highest BCUT2D eigenvalue weighted by Gasteiger charge is 2.04. The molecule has 0 unspecified atom stereocenters. The van der Waals surface area contributed by atoms with Gasteiger partial charge in [-0.2, -0.15) is 0 Å². The summed E-state index contributed by atoms with van der Waals surface area (Å²) >= 11 is 3.38. The van der Waals surface area contributed by atoms with E-state index in [1.165, 1.54) is 25.7 Å². The van der Waals surface area contributed by atoms with Crippen LogP contribution >= 0.6 is 15.9 Å². The van der Waals surface area contributed by atoms with Crippen LogP contribution in [0.25, 0.3) is 0 Å². The van der Waals surface area contributed by atoms with Gasteiger partial charge in [-0.15, -0.1) is 0 Å². The maximum atomic E-state index is 4.34. The molecule has 1 aromatic rings. The van der Waals surface area contributed by atoms with Gasteiger partial charge in [0, 0.05) is 12.6 Å². The summed E-state index contributed by atoms with van der Waals surface area (Å²) in [6.45, 7) is 2.86. The van der Waals surface area contributed by atoms with E-state index in [4.69, 9.17) is 0 Å². The lowest BCUT2D eigenvalue weighted by molar-refractivity contribution is 0.679. The van der Waals surface area contributed by atoms with E-state index in [1.807, 2.05) is 13.0 Å². The van der Waals surface area contributed by atoms with E-state index in [9.17, 15) is 0 Å². The van der Waals surface area contributed by atoms with Crippen molar-refractivity contribution in [3.05, 3.63) is 28.1 Å². The number of nitrogens with one attached hydrogen (secondary N) is 1. The van der Waals surface area contributed by atoms with Gasteiger partial charge in [0.2, 0.25) is 0 Å². The van der Waals surface area contributed by atoms with Gasteiger partial charge in [-0.3, -0.25) is 0 Å². The van der Waals surface area contributed by atoms with Crippen molar-refractivity contribution in [1.29, 1.82) is 0 Å². The van der Waals surface area contributed by atoms with Crippen molar-refractivity contribution in [2.24, 2.45) is 0 Å². The second kappa shape index (κ2) is 6.15. The van der Waals surface area contributed by atoms with E-state index < -0.39 is 0 Å². The molecule has 1 aliphatic carbocycles. The zero-order valence-corrected chi connectivity index (χ0v) is 11.8. The van der Waals surface area contributed by atoms with Gasteiger partial charge in [-0.1, -0.05) is 11.6 Å². The Hall–Kier alpha value is -0.900. The third-order valence-electron chi connectivity index (χ3n) is 2.94. The molecule has 1 heterocycles. The fraction of sp³-hybridized carbons (Fsp3) is 0.538. The molecule has 4 heteroatoms. The van der Waals surface area contributed by atoms with Crippen molar-refractivity contribution in [2.75, 3.05) is 11.9 Å². The fourth-order valence-electron chi connectivity index (χ4n) is 2.10. The molecule has 0 bridgehead atoms. The summed E-state index contributed by atoms with van der Waals surface area (Å²) < 4.78 is 0.837. The summed E-state index contributed by atoms with van der Waals surface area (Å²) in [5.74, 6) is 1.69. The van der Waals surface area contributed by atoms with Crippen LogP contribution in [0.4, 0.5) is 5.82 Å². The molecular weight excluding hydrogens is 278 g/mol. The minimum absolute atomic E-state index is 0.791. The third-order valence-corrected chi connectivity index (χ3v) is 3.35. The van der Waals surface area contributed by atoms with E-state index in [1.54, 1.807) is 5.57 Å². The minimum Gasteiger partial charge on any atom is -0.370 e. The number of rotatable bonds is 4. The van der Waals surface area contributed by atoms with Crippen LogP contribution in [-0.2, 0) is 0 Å². The number of aromatic nitrogens is 2. The van der Waals surface area contributed by atoms with Crippen molar-refractivity contribution in [3.8, 4) is 0 Å². The zero-order chi connectivity index (χ0) is 12.1. The largest absolute Gasteiger partial charge is 0.370 e. The average Bonchev–Trinajstić information content (AvgIpc) is 2.29. The first-order chi connectivity index (χ1) is 8.24. The SMILES string of the molecule is Cc1nc(Br)cc(NCCC2=CCCCC2)n1. The first kappa shape index (κ1) is 12.6. The zero-order valence-electron chi connectivity index (χ0n) is 10.2. The molecule has 1 aliphatic rings. The van der Waals surface area contributed by atoms with Crippen LogP contribution < -0.4 is 5.32 Å². The average molecular weight is 296 g/mol. The van der Waals surface area contributed by atoms with Gasteiger partial charge in [0.1, 0.15) is 16.2 Å². The number of halogens is 1. The van der Waals surface area contributed by atoms with Crippen LogP contribution in [0.15, 0.2) is 22.3 Å². The predicted molar refractivity (Wildman–Crippen MR) is 74.1 cm³/mol. The van der Waals surface area contributed by atoms with Crippen LogP contribution in [-0.4, -0.2) is 16.5 Å². The Labute approximate surface area is 111 Å². The molecule has 92 valence electrons. The molecule has 0 aromatic carbocycles. The molecule has 1 aromatic heterocycles. The summed E-state index contributed by atoms with van der Waals surface area (Å²) in [6.07, 6.45) is 8.76. The molecule has 0 saturated heterocycles. The molecule has 2 rings (SSSR count). The normalized spacial score (nSPS) is 15.5. The third kappa shape index (κ3) is 4.11. The van der Waals surface area contributed by atoms with Crippen molar-refractivity contribution in [2.45, 2.75) is 39.0 Å².